The summed E-state index contributed by atoms with van der Waals surface area (Å²) >= 11 is 1.32. The van der Waals surface area contributed by atoms with E-state index in [2.05, 4.69) is 63.7 Å². The maximum atomic E-state index is 12.0. The van der Waals surface area contributed by atoms with Crippen LogP contribution in [0.2, 0.25) is 0 Å². The van der Waals surface area contributed by atoms with Gasteiger partial charge in [-0.1, -0.05) is 108 Å². The molecule has 1 atom stereocenters. The largest absolute Gasteiger partial charge is 0.476 e. The molecule has 37 heavy (non-hydrogen) atoms. The second-order valence-electron chi connectivity index (χ2n) is 8.56. The van der Waals surface area contributed by atoms with E-state index in [0.717, 1.165) is 36.0 Å². The van der Waals surface area contributed by atoms with E-state index >= 15 is 0 Å². The van der Waals surface area contributed by atoms with E-state index in [4.69, 9.17) is 4.84 Å². The zero-order chi connectivity index (χ0) is 25.5. The first-order valence-corrected chi connectivity index (χ1v) is 12.9. The molecule has 0 aliphatic heterocycles. The lowest BCUT2D eigenvalue weighted by atomic mass is 9.77. The average Bonchev–Trinajstić information content (AvgIpc) is 3.41. The zero-order valence-electron chi connectivity index (χ0n) is 20.0. The summed E-state index contributed by atoms with van der Waals surface area (Å²) in [5.41, 5.74) is 2.28. The van der Waals surface area contributed by atoms with Crippen LogP contribution in [0.25, 0.3) is 0 Å². The highest BCUT2D eigenvalue weighted by atomic mass is 32.1. The molecule has 0 bridgehead atoms. The Balaban J connectivity index is 1.56. The van der Waals surface area contributed by atoms with Gasteiger partial charge in [-0.15, -0.1) is 11.3 Å². The van der Waals surface area contributed by atoms with Crippen LogP contribution in [0, 0.1) is 11.8 Å². The summed E-state index contributed by atoms with van der Waals surface area (Å²) in [6, 6.07) is 30.4. The number of aliphatic carboxylic acids is 1. The highest BCUT2D eigenvalue weighted by Gasteiger charge is 2.37. The Bertz CT molecular complexity index is 1340. The van der Waals surface area contributed by atoms with Crippen LogP contribution in [0.5, 0.6) is 0 Å². The Kier molecular flexibility index (Phi) is 7.29. The van der Waals surface area contributed by atoms with Gasteiger partial charge in [-0.25, -0.2) is 9.78 Å². The molecule has 6 nitrogen and oxygen atoms in total. The fourth-order valence-electron chi connectivity index (χ4n) is 4.41. The smallest absolute Gasteiger partial charge is 0.360 e. The van der Waals surface area contributed by atoms with Gasteiger partial charge in [0.1, 0.15) is 11.2 Å². The molecule has 0 radical (unpaired) electrons. The van der Waals surface area contributed by atoms with Crippen molar-refractivity contribution in [3.63, 3.8) is 0 Å². The second-order valence-corrected chi connectivity index (χ2v) is 9.42. The van der Waals surface area contributed by atoms with Gasteiger partial charge in [0.25, 0.3) is 0 Å². The highest BCUT2D eigenvalue weighted by Crippen LogP contribution is 2.40. The number of nitrogens with one attached hydrogen (secondary N) is 1. The van der Waals surface area contributed by atoms with Gasteiger partial charge in [0.05, 0.1) is 0 Å². The molecule has 0 spiro atoms. The number of carboxylic acid groups (broad SMARTS) is 1. The van der Waals surface area contributed by atoms with Gasteiger partial charge in [-0.05, 0) is 29.5 Å². The van der Waals surface area contributed by atoms with E-state index in [9.17, 15) is 9.90 Å². The standard InChI is InChI=1S/C30H25N3O3S/c34-28(35)27(33-36-25-19-11-4-12-20-25)26-21-37-29(31-26)32-30(22-13-5-1-6-14-22,23-15-7-2-8-16-23)24-17-9-3-10-18-24/h1-3,5-10,13-18,21,25H,4,11,19H2,(H,31,32)(H,34,35). The number of aromatic nitrogens is 1. The van der Waals surface area contributed by atoms with Crippen molar-refractivity contribution in [3.8, 4) is 11.8 Å². The molecule has 3 aromatic carbocycles. The van der Waals surface area contributed by atoms with Gasteiger partial charge in [0.15, 0.2) is 11.2 Å². The van der Waals surface area contributed by atoms with Crippen molar-refractivity contribution in [2.24, 2.45) is 5.16 Å². The van der Waals surface area contributed by atoms with Crippen molar-refractivity contribution in [3.05, 3.63) is 119 Å². The first kappa shape index (κ1) is 24.3. The SMILES string of the molecule is O=C(O)C(=NOC1C#CCCC1)c1csc(NC(c2ccccc2)(c2ccccc2)c2ccccc2)n1. The van der Waals surface area contributed by atoms with E-state index < -0.39 is 17.6 Å². The molecule has 184 valence electrons. The molecule has 1 unspecified atom stereocenters. The van der Waals surface area contributed by atoms with Gasteiger partial charge in [-0.2, -0.15) is 0 Å². The van der Waals surface area contributed by atoms with E-state index in [1.165, 1.54) is 11.3 Å². The van der Waals surface area contributed by atoms with Crippen LogP contribution in [0.3, 0.4) is 0 Å². The summed E-state index contributed by atoms with van der Waals surface area (Å²) in [6.07, 6.45) is 2.05. The van der Waals surface area contributed by atoms with Crippen molar-refractivity contribution in [2.45, 2.75) is 30.9 Å². The van der Waals surface area contributed by atoms with Gasteiger partial charge in [0.2, 0.25) is 5.71 Å². The van der Waals surface area contributed by atoms with Crippen molar-refractivity contribution >= 4 is 28.1 Å². The van der Waals surface area contributed by atoms with Crippen molar-refractivity contribution in [1.29, 1.82) is 0 Å². The van der Waals surface area contributed by atoms with Crippen molar-refractivity contribution in [2.75, 3.05) is 5.32 Å². The Morgan fingerprint density at radius 3 is 2.03 bits per heavy atom. The predicted molar refractivity (Wildman–Crippen MR) is 146 cm³/mol. The Labute approximate surface area is 219 Å². The third kappa shape index (κ3) is 5.25. The maximum absolute atomic E-state index is 12.0. The van der Waals surface area contributed by atoms with Gasteiger partial charge in [0, 0.05) is 11.8 Å². The zero-order valence-corrected chi connectivity index (χ0v) is 20.8. The molecule has 1 aliphatic carbocycles. The Morgan fingerprint density at radius 2 is 1.54 bits per heavy atom. The fraction of sp³-hybridized carbons (Fsp3) is 0.167. The van der Waals surface area contributed by atoms with Gasteiger partial charge in [-0.3, -0.25) is 0 Å². The number of hydrogen-bond donors (Lipinski definition) is 2. The molecular formula is C30H25N3O3S. The minimum Gasteiger partial charge on any atom is -0.476 e. The number of anilines is 1. The van der Waals surface area contributed by atoms with E-state index in [-0.39, 0.29) is 11.4 Å². The molecule has 0 amide bonds. The minimum absolute atomic E-state index is 0.229. The summed E-state index contributed by atoms with van der Waals surface area (Å²) in [7, 11) is 0. The van der Waals surface area contributed by atoms with Crippen molar-refractivity contribution in [1.82, 2.24) is 4.98 Å². The molecule has 0 saturated carbocycles. The maximum Gasteiger partial charge on any atom is 0.360 e. The summed E-state index contributed by atoms with van der Waals surface area (Å²) in [5.74, 6) is 4.73. The second kappa shape index (κ2) is 11.1. The van der Waals surface area contributed by atoms with Gasteiger partial charge < -0.3 is 15.3 Å². The topological polar surface area (TPSA) is 83.8 Å². The molecule has 1 aromatic heterocycles. The number of thiazole rings is 1. The van der Waals surface area contributed by atoms with Crippen LogP contribution in [-0.4, -0.2) is 27.9 Å². The van der Waals surface area contributed by atoms with Crippen LogP contribution in [0.15, 0.2) is 102 Å². The third-order valence-electron chi connectivity index (χ3n) is 6.17. The molecular weight excluding hydrogens is 482 g/mol. The van der Waals surface area contributed by atoms with E-state index in [0.29, 0.717) is 5.13 Å². The number of benzene rings is 3. The van der Waals surface area contributed by atoms with E-state index in [1.54, 1.807) is 5.38 Å². The number of carboxylic acids is 1. The lowest BCUT2D eigenvalue weighted by Gasteiger charge is -2.36. The van der Waals surface area contributed by atoms with Crippen molar-refractivity contribution < 1.29 is 14.7 Å². The molecule has 5 rings (SSSR count). The third-order valence-corrected chi connectivity index (χ3v) is 6.92. The number of nitrogens with zero attached hydrogens (tertiary/aromatic N) is 2. The minimum atomic E-state index is -1.21. The molecule has 7 heteroatoms. The highest BCUT2D eigenvalue weighted by molar-refractivity contribution is 7.14. The first-order chi connectivity index (χ1) is 18.2. The van der Waals surface area contributed by atoms with Crippen LogP contribution in [-0.2, 0) is 15.2 Å². The van der Waals surface area contributed by atoms with Crippen LogP contribution in [0.1, 0.15) is 41.6 Å². The summed E-state index contributed by atoms with van der Waals surface area (Å²) in [5, 5.41) is 19.7. The Morgan fingerprint density at radius 1 is 0.973 bits per heavy atom. The summed E-state index contributed by atoms with van der Waals surface area (Å²) in [4.78, 5) is 22.1. The molecule has 0 fully saturated rings. The first-order valence-electron chi connectivity index (χ1n) is 12.0. The van der Waals surface area contributed by atoms with Gasteiger partial charge >= 0.3 is 5.97 Å². The number of oxime groups is 1. The summed E-state index contributed by atoms with van der Waals surface area (Å²) in [6.45, 7) is 0. The number of rotatable bonds is 9. The van der Waals surface area contributed by atoms with Crippen LogP contribution in [0.4, 0.5) is 5.13 Å². The predicted octanol–water partition coefficient (Wildman–Crippen LogP) is 5.91. The molecule has 1 heterocycles. The quantitative estimate of drug-likeness (QED) is 0.127. The lowest BCUT2D eigenvalue weighted by molar-refractivity contribution is -0.129. The normalized spacial score (nSPS) is 15.4. The number of carbonyl (C=O) groups is 1. The average molecular weight is 508 g/mol. The van der Waals surface area contributed by atoms with E-state index in [1.807, 2.05) is 54.6 Å². The molecule has 0 saturated heterocycles. The Hall–Kier alpha value is -4.41. The van der Waals surface area contributed by atoms with Crippen LogP contribution < -0.4 is 5.32 Å². The molecule has 4 aromatic rings. The monoisotopic (exact) mass is 507 g/mol. The number of hydrogen-bond acceptors (Lipinski definition) is 6. The molecule has 1 aliphatic rings. The lowest BCUT2D eigenvalue weighted by Crippen LogP contribution is -2.38. The molecule has 2 N–H and O–H groups in total. The fourth-order valence-corrected chi connectivity index (χ4v) is 5.16. The summed E-state index contributed by atoms with van der Waals surface area (Å²) < 4.78 is 0. The van der Waals surface area contributed by atoms with Crippen LogP contribution >= 0.6 is 11.3 Å².